The Morgan fingerprint density at radius 1 is 1.50 bits per heavy atom. The van der Waals surface area contributed by atoms with Gasteiger partial charge >= 0.3 is 5.97 Å². The first-order valence-corrected chi connectivity index (χ1v) is 4.87. The predicted octanol–water partition coefficient (Wildman–Crippen LogP) is 1.95. The van der Waals surface area contributed by atoms with Crippen LogP contribution in [0.1, 0.15) is 17.2 Å². The second-order valence-electron chi connectivity index (χ2n) is 3.60. The monoisotopic (exact) mass is 220 g/mol. The van der Waals surface area contributed by atoms with E-state index < -0.39 is 12.1 Å². The maximum absolute atomic E-state index is 11.2. The van der Waals surface area contributed by atoms with Crippen LogP contribution in [-0.4, -0.2) is 18.2 Å². The number of hydrogen-bond acceptors (Lipinski definition) is 4. The Bertz CT molecular complexity index is 527. The molecule has 1 aromatic heterocycles. The minimum absolute atomic E-state index is 0.466. The summed E-state index contributed by atoms with van der Waals surface area (Å²) in [5.74, 6) is -0.678. The molecule has 0 amide bonds. The fourth-order valence-corrected chi connectivity index (χ4v) is 1.60. The maximum Gasteiger partial charge on any atom is 0.339 e. The molecule has 0 aliphatic rings. The fraction of sp³-hybridized carbons (Fsp3) is 0.250. The number of esters is 1. The summed E-state index contributed by atoms with van der Waals surface area (Å²) in [6.45, 7) is 1.93. The Morgan fingerprint density at radius 2 is 2.25 bits per heavy atom. The number of rotatable bonds is 2. The number of fused-ring (bicyclic) bond motifs is 1. The van der Waals surface area contributed by atoms with E-state index in [2.05, 4.69) is 4.74 Å². The highest BCUT2D eigenvalue weighted by Gasteiger charge is 2.18. The van der Waals surface area contributed by atoms with Crippen molar-refractivity contribution in [2.45, 2.75) is 13.0 Å². The van der Waals surface area contributed by atoms with Crippen molar-refractivity contribution in [3.63, 3.8) is 0 Å². The zero-order valence-corrected chi connectivity index (χ0v) is 9.06. The van der Waals surface area contributed by atoms with Crippen LogP contribution in [-0.2, 0) is 9.53 Å². The Morgan fingerprint density at radius 3 is 2.94 bits per heavy atom. The second-order valence-corrected chi connectivity index (χ2v) is 3.60. The first-order valence-electron chi connectivity index (χ1n) is 4.87. The van der Waals surface area contributed by atoms with Crippen LogP contribution >= 0.6 is 0 Å². The van der Waals surface area contributed by atoms with Gasteiger partial charge in [0, 0.05) is 5.39 Å². The normalized spacial score (nSPS) is 12.7. The Balaban J connectivity index is 2.43. The first-order chi connectivity index (χ1) is 7.63. The van der Waals surface area contributed by atoms with E-state index in [1.807, 2.05) is 13.0 Å². The third-order valence-electron chi connectivity index (χ3n) is 2.53. The summed E-state index contributed by atoms with van der Waals surface area (Å²) < 4.78 is 9.75. The molecule has 0 aliphatic heterocycles. The van der Waals surface area contributed by atoms with Gasteiger partial charge in [-0.1, -0.05) is 12.1 Å². The number of ether oxygens (including phenoxy) is 1. The average Bonchev–Trinajstić information content (AvgIpc) is 2.68. The molecular weight excluding hydrogens is 208 g/mol. The zero-order chi connectivity index (χ0) is 11.7. The summed E-state index contributed by atoms with van der Waals surface area (Å²) in [7, 11) is 1.24. The number of methoxy groups -OCH3 is 1. The summed E-state index contributed by atoms with van der Waals surface area (Å²) in [4.78, 5) is 11.2. The first kappa shape index (κ1) is 10.7. The summed E-state index contributed by atoms with van der Waals surface area (Å²) in [5, 5.41) is 10.6. The number of carbonyl (C=O) groups excluding carboxylic acids is 1. The highest BCUT2D eigenvalue weighted by Crippen LogP contribution is 2.24. The molecule has 0 aliphatic carbocycles. The predicted molar refractivity (Wildman–Crippen MR) is 57.9 cm³/mol. The molecule has 1 N–H and O–H groups in total. The molecule has 0 spiro atoms. The van der Waals surface area contributed by atoms with Gasteiger partial charge in [-0.3, -0.25) is 0 Å². The van der Waals surface area contributed by atoms with Gasteiger partial charge in [0.05, 0.1) is 13.4 Å². The van der Waals surface area contributed by atoms with Crippen molar-refractivity contribution in [2.24, 2.45) is 0 Å². The molecule has 1 aromatic carbocycles. The Labute approximate surface area is 92.4 Å². The van der Waals surface area contributed by atoms with E-state index in [0.29, 0.717) is 11.1 Å². The zero-order valence-electron chi connectivity index (χ0n) is 9.06. The van der Waals surface area contributed by atoms with Gasteiger partial charge in [0.2, 0.25) is 0 Å². The van der Waals surface area contributed by atoms with Crippen LogP contribution < -0.4 is 0 Å². The Kier molecular flexibility index (Phi) is 2.66. The van der Waals surface area contributed by atoms with Crippen LogP contribution in [0.5, 0.6) is 0 Å². The molecule has 1 heterocycles. The fourth-order valence-electron chi connectivity index (χ4n) is 1.60. The third kappa shape index (κ3) is 1.67. The van der Waals surface area contributed by atoms with Crippen LogP contribution in [0.2, 0.25) is 0 Å². The molecule has 16 heavy (non-hydrogen) atoms. The van der Waals surface area contributed by atoms with E-state index in [9.17, 15) is 9.90 Å². The van der Waals surface area contributed by atoms with Gasteiger partial charge in [-0.25, -0.2) is 4.79 Å². The molecule has 1 atom stereocenters. The number of furan rings is 1. The molecule has 0 radical (unpaired) electrons. The second kappa shape index (κ2) is 3.98. The van der Waals surface area contributed by atoms with E-state index in [4.69, 9.17) is 4.42 Å². The van der Waals surface area contributed by atoms with E-state index in [-0.39, 0.29) is 0 Å². The lowest BCUT2D eigenvalue weighted by molar-refractivity contribution is -0.150. The van der Waals surface area contributed by atoms with E-state index >= 15 is 0 Å². The van der Waals surface area contributed by atoms with Crippen molar-refractivity contribution in [1.82, 2.24) is 0 Å². The molecule has 84 valence electrons. The van der Waals surface area contributed by atoms with Crippen molar-refractivity contribution >= 4 is 16.9 Å². The summed E-state index contributed by atoms with van der Waals surface area (Å²) in [6, 6.07) is 5.14. The van der Waals surface area contributed by atoms with E-state index in [1.165, 1.54) is 7.11 Å². The summed E-state index contributed by atoms with van der Waals surface area (Å²) >= 11 is 0. The van der Waals surface area contributed by atoms with Crippen LogP contribution in [0, 0.1) is 6.92 Å². The molecule has 2 rings (SSSR count). The van der Waals surface area contributed by atoms with Crippen LogP contribution in [0.25, 0.3) is 11.0 Å². The minimum atomic E-state index is -1.26. The maximum atomic E-state index is 11.2. The van der Waals surface area contributed by atoms with Crippen molar-refractivity contribution in [2.75, 3.05) is 7.11 Å². The van der Waals surface area contributed by atoms with Crippen molar-refractivity contribution in [1.29, 1.82) is 0 Å². The molecule has 1 unspecified atom stereocenters. The van der Waals surface area contributed by atoms with Crippen molar-refractivity contribution in [3.8, 4) is 0 Å². The molecule has 4 heteroatoms. The smallest absolute Gasteiger partial charge is 0.339 e. The van der Waals surface area contributed by atoms with Gasteiger partial charge in [-0.05, 0) is 24.1 Å². The number of carbonyl (C=O) groups is 1. The van der Waals surface area contributed by atoms with Crippen LogP contribution in [0.15, 0.2) is 28.9 Å². The summed E-state index contributed by atoms with van der Waals surface area (Å²) in [6.07, 6.45) is 0.374. The van der Waals surface area contributed by atoms with Gasteiger partial charge in [-0.2, -0.15) is 0 Å². The van der Waals surface area contributed by atoms with E-state index in [0.717, 1.165) is 10.9 Å². The standard InChI is InChI=1S/C12H12O4/c1-7-6-16-10-5-8(3-4-9(7)10)11(13)12(14)15-2/h3-6,11,13H,1-2H3. The SMILES string of the molecule is COC(=O)C(O)c1ccc2c(C)coc2c1. The minimum Gasteiger partial charge on any atom is -0.467 e. The Hall–Kier alpha value is -1.81. The number of aliphatic hydroxyl groups is 1. The van der Waals surface area contributed by atoms with Gasteiger partial charge in [0.25, 0.3) is 0 Å². The lowest BCUT2D eigenvalue weighted by atomic mass is 10.1. The largest absolute Gasteiger partial charge is 0.467 e. The molecule has 0 saturated carbocycles. The van der Waals surface area contributed by atoms with Gasteiger partial charge < -0.3 is 14.3 Å². The van der Waals surface area contributed by atoms with Crippen molar-refractivity contribution < 1.29 is 19.1 Å². The third-order valence-corrected chi connectivity index (χ3v) is 2.53. The molecule has 0 saturated heterocycles. The number of hydrogen-bond donors (Lipinski definition) is 1. The number of benzene rings is 1. The highest BCUT2D eigenvalue weighted by molar-refractivity contribution is 5.83. The quantitative estimate of drug-likeness (QED) is 0.786. The molecular formula is C12H12O4. The molecule has 0 fully saturated rings. The molecule has 0 bridgehead atoms. The average molecular weight is 220 g/mol. The van der Waals surface area contributed by atoms with Gasteiger partial charge in [0.15, 0.2) is 6.10 Å². The number of aliphatic hydroxyl groups excluding tert-OH is 1. The lowest BCUT2D eigenvalue weighted by Gasteiger charge is -2.07. The van der Waals surface area contributed by atoms with Gasteiger partial charge in [-0.15, -0.1) is 0 Å². The molecule has 4 nitrogen and oxygen atoms in total. The van der Waals surface area contributed by atoms with Crippen LogP contribution in [0.4, 0.5) is 0 Å². The topological polar surface area (TPSA) is 59.7 Å². The van der Waals surface area contributed by atoms with Crippen LogP contribution in [0.3, 0.4) is 0 Å². The van der Waals surface area contributed by atoms with E-state index in [1.54, 1.807) is 18.4 Å². The lowest BCUT2D eigenvalue weighted by Crippen LogP contribution is -2.13. The summed E-state index contributed by atoms with van der Waals surface area (Å²) in [5.41, 5.74) is 2.14. The number of aryl methyl sites for hydroxylation is 1. The van der Waals surface area contributed by atoms with Crippen molar-refractivity contribution in [3.05, 3.63) is 35.6 Å². The highest BCUT2D eigenvalue weighted by atomic mass is 16.5. The van der Waals surface area contributed by atoms with Gasteiger partial charge in [0.1, 0.15) is 5.58 Å². The molecule has 2 aromatic rings.